The highest BCUT2D eigenvalue weighted by atomic mass is 35.5. The number of alkyl halides is 1. The molecule has 4 saturated carbocycles. The van der Waals surface area contributed by atoms with Crippen molar-refractivity contribution in [3.8, 4) is 0 Å². The van der Waals surface area contributed by atoms with Crippen LogP contribution in [0.3, 0.4) is 0 Å². The number of aliphatic hydroxyl groups excluding tert-OH is 1. The quantitative estimate of drug-likeness (QED) is 0.381. The molecule has 0 radical (unpaired) electrons. The summed E-state index contributed by atoms with van der Waals surface area (Å²) >= 11 is 6.28. The lowest BCUT2D eigenvalue weighted by Gasteiger charge is -2.50. The van der Waals surface area contributed by atoms with Gasteiger partial charge in [0.1, 0.15) is 0 Å². The zero-order valence-corrected chi connectivity index (χ0v) is 22.6. The summed E-state index contributed by atoms with van der Waals surface area (Å²) in [6.45, 7) is 12.4. The number of ether oxygens (including phenoxy) is 1. The summed E-state index contributed by atoms with van der Waals surface area (Å²) in [5, 5.41) is 10.4. The van der Waals surface area contributed by atoms with E-state index in [0.29, 0.717) is 40.2 Å². The van der Waals surface area contributed by atoms with E-state index in [9.17, 15) is 5.11 Å². The normalized spacial score (nSPS) is 60.1. The van der Waals surface area contributed by atoms with Gasteiger partial charge in [0.05, 0.1) is 17.8 Å². The molecule has 0 amide bonds. The number of nitrogens with zero attached hydrogens (tertiary/aromatic N) is 1. The molecule has 3 nitrogen and oxygen atoms in total. The monoisotopic (exact) mass is 487 g/mol. The van der Waals surface area contributed by atoms with E-state index < -0.39 is 0 Å². The average molecular weight is 488 g/mol. The third kappa shape index (κ3) is 2.62. The van der Waals surface area contributed by atoms with Gasteiger partial charge in [0.25, 0.3) is 0 Å². The Balaban J connectivity index is 1.21. The number of aliphatic hydroxyl groups is 1. The minimum atomic E-state index is -0.110. The third-order valence-electron chi connectivity index (χ3n) is 13.3. The van der Waals surface area contributed by atoms with Crippen molar-refractivity contribution in [2.45, 2.75) is 109 Å². The van der Waals surface area contributed by atoms with Crippen molar-refractivity contribution in [1.82, 2.24) is 4.90 Å². The molecule has 190 valence electrons. The molecule has 6 fully saturated rings. The van der Waals surface area contributed by atoms with E-state index in [0.717, 1.165) is 43.0 Å². The molecule has 2 heterocycles. The summed E-state index contributed by atoms with van der Waals surface area (Å²) in [5.74, 6) is 4.57. The minimum absolute atomic E-state index is 0.0564. The highest BCUT2D eigenvalue weighted by Crippen LogP contribution is 2.87. The Labute approximate surface area is 212 Å². The van der Waals surface area contributed by atoms with Gasteiger partial charge >= 0.3 is 0 Å². The van der Waals surface area contributed by atoms with E-state index in [1.165, 1.54) is 51.5 Å². The van der Waals surface area contributed by atoms with Crippen molar-refractivity contribution >= 4 is 11.6 Å². The van der Waals surface area contributed by atoms with E-state index in [-0.39, 0.29) is 11.7 Å². The van der Waals surface area contributed by atoms with Gasteiger partial charge in [0, 0.05) is 36.3 Å². The van der Waals surface area contributed by atoms with E-state index in [2.05, 4.69) is 38.7 Å². The first-order chi connectivity index (χ1) is 16.2. The first kappa shape index (κ1) is 23.1. The van der Waals surface area contributed by atoms with Crippen LogP contribution in [0.2, 0.25) is 0 Å². The molecule has 7 rings (SSSR count). The molecule has 7 aliphatic rings. The summed E-state index contributed by atoms with van der Waals surface area (Å²) in [6, 6.07) is 0.551. The summed E-state index contributed by atoms with van der Waals surface area (Å²) in [4.78, 5) is 2.70. The molecular weight excluding hydrogens is 442 g/mol. The van der Waals surface area contributed by atoms with Gasteiger partial charge in [-0.05, 0) is 92.3 Å². The topological polar surface area (TPSA) is 32.7 Å². The molecule has 3 unspecified atom stereocenters. The zero-order chi connectivity index (χ0) is 23.7. The molecule has 0 aromatic rings. The fourth-order valence-corrected chi connectivity index (χ4v) is 12.0. The van der Waals surface area contributed by atoms with Crippen LogP contribution >= 0.6 is 11.6 Å². The van der Waals surface area contributed by atoms with Gasteiger partial charge in [-0.15, -0.1) is 11.6 Å². The van der Waals surface area contributed by atoms with Crippen LogP contribution in [0.1, 0.15) is 85.5 Å². The maximum absolute atomic E-state index is 10.4. The third-order valence-corrected chi connectivity index (χ3v) is 13.5. The van der Waals surface area contributed by atoms with Crippen molar-refractivity contribution in [2.75, 3.05) is 19.0 Å². The lowest BCUT2D eigenvalue weighted by molar-refractivity contribution is -0.148. The minimum Gasteiger partial charge on any atom is -0.393 e. The highest BCUT2D eigenvalue weighted by Gasteiger charge is 2.84. The second kappa shape index (κ2) is 7.27. The van der Waals surface area contributed by atoms with Gasteiger partial charge in [-0.1, -0.05) is 39.3 Å². The lowest BCUT2D eigenvalue weighted by atomic mass is 9.56. The van der Waals surface area contributed by atoms with Gasteiger partial charge in [-0.25, -0.2) is 0 Å². The van der Waals surface area contributed by atoms with Crippen LogP contribution in [0.4, 0.5) is 0 Å². The first-order valence-corrected chi connectivity index (χ1v) is 15.1. The molecule has 2 saturated heterocycles. The van der Waals surface area contributed by atoms with Crippen LogP contribution in [-0.2, 0) is 4.74 Å². The van der Waals surface area contributed by atoms with E-state index in [4.69, 9.17) is 16.3 Å². The van der Waals surface area contributed by atoms with Gasteiger partial charge in [0.15, 0.2) is 0 Å². The fourth-order valence-electron chi connectivity index (χ4n) is 11.8. The molecule has 2 spiro atoms. The van der Waals surface area contributed by atoms with Gasteiger partial charge < -0.3 is 9.84 Å². The molecule has 2 aliphatic heterocycles. The van der Waals surface area contributed by atoms with Crippen molar-refractivity contribution in [3.05, 3.63) is 11.6 Å². The molecule has 4 heteroatoms. The molecule has 34 heavy (non-hydrogen) atoms. The Bertz CT molecular complexity index is 906. The highest BCUT2D eigenvalue weighted by molar-refractivity contribution is 6.18. The van der Waals surface area contributed by atoms with Gasteiger partial charge in [0.2, 0.25) is 0 Å². The molecule has 1 N–H and O–H groups in total. The predicted molar refractivity (Wildman–Crippen MR) is 137 cm³/mol. The number of halogens is 1. The van der Waals surface area contributed by atoms with Crippen molar-refractivity contribution in [1.29, 1.82) is 0 Å². The van der Waals surface area contributed by atoms with Crippen LogP contribution in [0.15, 0.2) is 11.6 Å². The van der Waals surface area contributed by atoms with Crippen LogP contribution < -0.4 is 0 Å². The molecule has 5 aliphatic carbocycles. The molecule has 12 atom stereocenters. The largest absolute Gasteiger partial charge is 0.393 e. The fraction of sp³-hybridized carbons (Fsp3) is 0.933. The molecule has 0 aromatic heterocycles. The van der Waals surface area contributed by atoms with Crippen LogP contribution in [-0.4, -0.2) is 52.8 Å². The van der Waals surface area contributed by atoms with Crippen molar-refractivity contribution < 1.29 is 9.84 Å². The Morgan fingerprint density at radius 3 is 2.79 bits per heavy atom. The SMILES string of the molecule is C[C@H]1C[C@H]2OC3(CC[C@H]4[C@@H]5CC=C6C[C@@H](O)CC[C@]6(C)[C@H]5CC45CC53C)[C@H](C)[C@@H]2N(CCCl)C1. The molecular formula is C30H46ClNO2. The maximum atomic E-state index is 10.4. The van der Waals surface area contributed by atoms with E-state index in [1.54, 1.807) is 5.57 Å². The number of allylic oxidation sites excluding steroid dienone is 1. The average Bonchev–Trinajstić information content (AvgIpc) is 3.13. The van der Waals surface area contributed by atoms with Crippen LogP contribution in [0.25, 0.3) is 0 Å². The number of hydrogen-bond donors (Lipinski definition) is 1. The smallest absolute Gasteiger partial charge is 0.0787 e. The van der Waals surface area contributed by atoms with Gasteiger partial charge in [-0.2, -0.15) is 0 Å². The summed E-state index contributed by atoms with van der Waals surface area (Å²) in [5.41, 5.74) is 2.81. The number of rotatable bonds is 2. The van der Waals surface area contributed by atoms with Crippen molar-refractivity contribution in [3.63, 3.8) is 0 Å². The predicted octanol–water partition coefficient (Wildman–Crippen LogP) is 6.03. The Kier molecular flexibility index (Phi) is 4.93. The maximum Gasteiger partial charge on any atom is 0.0787 e. The summed E-state index contributed by atoms with van der Waals surface area (Å²) in [7, 11) is 0. The van der Waals surface area contributed by atoms with E-state index in [1.807, 2.05) is 0 Å². The summed E-state index contributed by atoms with van der Waals surface area (Å²) < 4.78 is 7.38. The summed E-state index contributed by atoms with van der Waals surface area (Å²) in [6.07, 6.45) is 13.9. The molecule has 0 aromatic carbocycles. The van der Waals surface area contributed by atoms with Crippen LogP contribution in [0, 0.1) is 45.8 Å². The van der Waals surface area contributed by atoms with E-state index >= 15 is 0 Å². The number of hydrogen-bond acceptors (Lipinski definition) is 3. The first-order valence-electron chi connectivity index (χ1n) is 14.5. The number of piperidine rings is 1. The second-order valence-electron chi connectivity index (χ2n) is 14.4. The Hall–Kier alpha value is -0.0900. The Morgan fingerprint density at radius 1 is 1.18 bits per heavy atom. The second-order valence-corrected chi connectivity index (χ2v) is 14.8. The standard InChI is InChI=1S/C30H46ClNO2/c1-18-13-25-26(32(16-18)12-11-31)19(2)30(34-25)10-8-23-22-6-5-20-14-21(33)7-9-27(20,3)24(22)15-29(23)17-28(29,30)4/h5,18-19,21-26,33H,6-17H2,1-4H3/t18-,19+,21-,22-,23-,24-,25+,26-,27-,28?,29?,30?/m0/s1. The van der Waals surface area contributed by atoms with Crippen molar-refractivity contribution in [2.24, 2.45) is 45.8 Å². The Morgan fingerprint density at radius 2 is 2.00 bits per heavy atom. The lowest BCUT2D eigenvalue weighted by Crippen LogP contribution is -2.54. The van der Waals surface area contributed by atoms with Crippen LogP contribution in [0.5, 0.6) is 0 Å². The zero-order valence-electron chi connectivity index (χ0n) is 21.9. The van der Waals surface area contributed by atoms with Gasteiger partial charge in [-0.3, -0.25) is 4.90 Å². The molecule has 0 bridgehead atoms. The number of fused-ring (bicyclic) bond motifs is 6. The number of likely N-dealkylation sites (tertiary alicyclic amines) is 1.